The van der Waals surface area contributed by atoms with E-state index >= 15 is 0 Å². The van der Waals surface area contributed by atoms with Crippen molar-refractivity contribution in [3.63, 3.8) is 0 Å². The van der Waals surface area contributed by atoms with Crippen LogP contribution in [0.3, 0.4) is 0 Å². The standard InChI is InChI=1S/C24H29N5OS/c1-5-24(3,4)29-23(26-27-28-29)20(17-12-10-16(2)11-13-17)21(18-8-6-14-30-18)22(25)19-9-7-15-31-19/h6-15,20-22H,5,25H2,1-4H3. The summed E-state index contributed by atoms with van der Waals surface area (Å²) >= 11 is 1.66. The van der Waals surface area contributed by atoms with Gasteiger partial charge in [-0.15, -0.1) is 16.4 Å². The highest BCUT2D eigenvalue weighted by Crippen LogP contribution is 2.46. The maximum absolute atomic E-state index is 6.91. The van der Waals surface area contributed by atoms with Gasteiger partial charge in [0.2, 0.25) is 0 Å². The first kappa shape index (κ1) is 21.5. The van der Waals surface area contributed by atoms with Gasteiger partial charge in [-0.25, -0.2) is 4.68 Å². The molecule has 3 aromatic heterocycles. The van der Waals surface area contributed by atoms with Crippen LogP contribution in [-0.2, 0) is 5.54 Å². The van der Waals surface area contributed by atoms with Crippen LogP contribution in [0.25, 0.3) is 0 Å². The second kappa shape index (κ2) is 8.77. The van der Waals surface area contributed by atoms with Crippen molar-refractivity contribution in [3.8, 4) is 0 Å². The minimum atomic E-state index is -0.271. The predicted molar refractivity (Wildman–Crippen MR) is 123 cm³/mol. The number of benzene rings is 1. The Balaban J connectivity index is 1.93. The fourth-order valence-electron chi connectivity index (χ4n) is 3.95. The number of nitrogens with zero attached hydrogens (tertiary/aromatic N) is 4. The van der Waals surface area contributed by atoms with Gasteiger partial charge >= 0.3 is 0 Å². The summed E-state index contributed by atoms with van der Waals surface area (Å²) in [6, 6.07) is 16.3. The van der Waals surface area contributed by atoms with Crippen molar-refractivity contribution in [2.75, 3.05) is 0 Å². The average Bonchev–Trinajstić information content (AvgIpc) is 3.54. The number of thiophene rings is 1. The SMILES string of the molecule is CCC(C)(C)n1nnnc1C(c1ccc(C)cc1)C(c1ccco1)C(N)c1cccs1. The number of tetrazole rings is 1. The Kier molecular flexibility index (Phi) is 6.07. The average molecular weight is 436 g/mol. The lowest BCUT2D eigenvalue weighted by Gasteiger charge is -2.32. The van der Waals surface area contributed by atoms with Crippen LogP contribution in [0.1, 0.15) is 72.7 Å². The van der Waals surface area contributed by atoms with E-state index in [4.69, 9.17) is 10.2 Å². The van der Waals surface area contributed by atoms with Crippen molar-refractivity contribution in [3.05, 3.63) is 87.8 Å². The first-order chi connectivity index (χ1) is 14.9. The number of aryl methyl sites for hydroxylation is 1. The van der Waals surface area contributed by atoms with Crippen molar-refractivity contribution >= 4 is 11.3 Å². The predicted octanol–water partition coefficient (Wildman–Crippen LogP) is 5.40. The summed E-state index contributed by atoms with van der Waals surface area (Å²) in [6.45, 7) is 8.54. The molecule has 3 heterocycles. The van der Waals surface area contributed by atoms with Crippen LogP contribution in [0.5, 0.6) is 0 Å². The van der Waals surface area contributed by atoms with Crippen LogP contribution in [0.4, 0.5) is 0 Å². The van der Waals surface area contributed by atoms with Gasteiger partial charge in [0.05, 0.1) is 23.6 Å². The van der Waals surface area contributed by atoms with Crippen LogP contribution in [0, 0.1) is 6.92 Å². The summed E-state index contributed by atoms with van der Waals surface area (Å²) in [4.78, 5) is 1.10. The van der Waals surface area contributed by atoms with Crippen molar-refractivity contribution in [2.45, 2.75) is 57.5 Å². The molecular formula is C24H29N5OS. The molecule has 162 valence electrons. The Morgan fingerprint density at radius 1 is 1.13 bits per heavy atom. The van der Waals surface area contributed by atoms with Crippen molar-refractivity contribution in [1.29, 1.82) is 0 Å². The molecule has 0 aliphatic heterocycles. The Bertz CT molecular complexity index is 1080. The second-order valence-electron chi connectivity index (χ2n) is 8.59. The topological polar surface area (TPSA) is 82.8 Å². The van der Waals surface area contributed by atoms with Gasteiger partial charge < -0.3 is 10.2 Å². The second-order valence-corrected chi connectivity index (χ2v) is 9.56. The number of hydrogen-bond donors (Lipinski definition) is 1. The summed E-state index contributed by atoms with van der Waals surface area (Å²) in [5.41, 5.74) is 8.99. The normalized spacial score (nSPS) is 15.0. The fourth-order valence-corrected chi connectivity index (χ4v) is 4.72. The van der Waals surface area contributed by atoms with Gasteiger partial charge in [0, 0.05) is 10.9 Å². The monoisotopic (exact) mass is 435 g/mol. The first-order valence-electron chi connectivity index (χ1n) is 10.6. The van der Waals surface area contributed by atoms with Gasteiger partial charge in [0.25, 0.3) is 0 Å². The number of hydrogen-bond acceptors (Lipinski definition) is 6. The summed E-state index contributed by atoms with van der Waals surface area (Å²) in [7, 11) is 0. The van der Waals surface area contributed by atoms with E-state index in [-0.39, 0.29) is 23.4 Å². The summed E-state index contributed by atoms with van der Waals surface area (Å²) < 4.78 is 7.89. The summed E-state index contributed by atoms with van der Waals surface area (Å²) in [5.74, 6) is 1.28. The molecule has 0 saturated heterocycles. The zero-order chi connectivity index (χ0) is 22.0. The highest BCUT2D eigenvalue weighted by atomic mass is 32.1. The quantitative estimate of drug-likeness (QED) is 0.401. The van der Waals surface area contributed by atoms with E-state index in [9.17, 15) is 0 Å². The van der Waals surface area contributed by atoms with Gasteiger partial charge in [-0.1, -0.05) is 42.8 Å². The van der Waals surface area contributed by atoms with Gasteiger partial charge in [-0.2, -0.15) is 0 Å². The summed E-state index contributed by atoms with van der Waals surface area (Å²) in [6.07, 6.45) is 2.60. The molecule has 0 fully saturated rings. The molecule has 0 amide bonds. The van der Waals surface area contributed by atoms with Crippen LogP contribution >= 0.6 is 11.3 Å². The molecule has 3 atom stereocenters. The molecule has 0 radical (unpaired) electrons. The largest absolute Gasteiger partial charge is 0.469 e. The van der Waals surface area contributed by atoms with Crippen molar-refractivity contribution in [1.82, 2.24) is 20.2 Å². The molecule has 0 aliphatic carbocycles. The Morgan fingerprint density at radius 2 is 1.90 bits per heavy atom. The molecule has 0 spiro atoms. The van der Waals surface area contributed by atoms with E-state index in [2.05, 4.69) is 78.9 Å². The minimum Gasteiger partial charge on any atom is -0.469 e. The zero-order valence-corrected chi connectivity index (χ0v) is 19.2. The Hall–Kier alpha value is -2.77. The van der Waals surface area contributed by atoms with Gasteiger partial charge in [0.1, 0.15) is 5.76 Å². The maximum atomic E-state index is 6.91. The van der Waals surface area contributed by atoms with Gasteiger partial charge in [0.15, 0.2) is 5.82 Å². The lowest BCUT2D eigenvalue weighted by molar-refractivity contribution is 0.279. The van der Waals surface area contributed by atoms with E-state index in [1.807, 2.05) is 22.9 Å². The molecule has 3 unspecified atom stereocenters. The molecule has 2 N–H and O–H groups in total. The van der Waals surface area contributed by atoms with Crippen LogP contribution < -0.4 is 5.73 Å². The van der Waals surface area contributed by atoms with E-state index in [0.29, 0.717) is 0 Å². The van der Waals surface area contributed by atoms with Crippen LogP contribution in [0.15, 0.2) is 64.6 Å². The number of aromatic nitrogens is 4. The summed E-state index contributed by atoms with van der Waals surface area (Å²) in [5, 5.41) is 15.1. The minimum absolute atomic E-state index is 0.172. The number of rotatable bonds is 8. The molecule has 7 heteroatoms. The molecule has 4 aromatic rings. The highest BCUT2D eigenvalue weighted by Gasteiger charge is 2.39. The third kappa shape index (κ3) is 4.20. The third-order valence-corrected chi connectivity index (χ3v) is 7.11. The van der Waals surface area contributed by atoms with Crippen molar-refractivity contribution < 1.29 is 4.42 Å². The third-order valence-electron chi connectivity index (χ3n) is 6.14. The van der Waals surface area contributed by atoms with E-state index in [0.717, 1.165) is 28.4 Å². The fraction of sp³-hybridized carbons (Fsp3) is 0.375. The maximum Gasteiger partial charge on any atom is 0.160 e. The Labute approximate surface area is 187 Å². The highest BCUT2D eigenvalue weighted by molar-refractivity contribution is 7.10. The number of furan rings is 1. The molecule has 0 aliphatic rings. The molecule has 1 aromatic carbocycles. The lowest BCUT2D eigenvalue weighted by atomic mass is 9.78. The smallest absolute Gasteiger partial charge is 0.160 e. The van der Waals surface area contributed by atoms with Gasteiger partial charge in [-0.05, 0) is 66.8 Å². The molecule has 31 heavy (non-hydrogen) atoms. The molecule has 4 rings (SSSR count). The van der Waals surface area contributed by atoms with Gasteiger partial charge in [-0.3, -0.25) is 0 Å². The van der Waals surface area contributed by atoms with E-state index in [1.165, 1.54) is 5.56 Å². The van der Waals surface area contributed by atoms with Crippen LogP contribution in [0.2, 0.25) is 0 Å². The molecule has 0 saturated carbocycles. The lowest BCUT2D eigenvalue weighted by Crippen LogP contribution is -2.33. The van der Waals surface area contributed by atoms with Crippen molar-refractivity contribution in [2.24, 2.45) is 5.73 Å². The molecule has 6 nitrogen and oxygen atoms in total. The van der Waals surface area contributed by atoms with Crippen LogP contribution in [-0.4, -0.2) is 20.2 Å². The van der Waals surface area contributed by atoms with E-state index in [1.54, 1.807) is 17.6 Å². The van der Waals surface area contributed by atoms with E-state index < -0.39 is 0 Å². The first-order valence-corrected chi connectivity index (χ1v) is 11.5. The molecular weight excluding hydrogens is 406 g/mol. The molecule has 0 bridgehead atoms. The zero-order valence-electron chi connectivity index (χ0n) is 18.4. The Morgan fingerprint density at radius 3 is 2.52 bits per heavy atom. The number of nitrogens with two attached hydrogens (primary N) is 1.